The number of carbonyl (C=O) groups is 2. The predicted octanol–water partition coefficient (Wildman–Crippen LogP) is 3.77. The number of anilines is 1. The summed E-state index contributed by atoms with van der Waals surface area (Å²) in [6, 6.07) is 14.3. The third-order valence-electron chi connectivity index (χ3n) is 3.67. The molecular formula is C19H15ClFN3O3. The monoisotopic (exact) mass is 387 g/mol. The van der Waals surface area contributed by atoms with Crippen LogP contribution < -0.4 is 5.32 Å². The van der Waals surface area contributed by atoms with Gasteiger partial charge in [-0.3, -0.25) is 4.79 Å². The Morgan fingerprint density at radius 3 is 2.48 bits per heavy atom. The maximum atomic E-state index is 12.9. The van der Waals surface area contributed by atoms with Gasteiger partial charge in [0.1, 0.15) is 16.5 Å². The van der Waals surface area contributed by atoms with Crippen LogP contribution in [0.3, 0.4) is 0 Å². The minimum absolute atomic E-state index is 0.0927. The third kappa shape index (κ3) is 4.32. The van der Waals surface area contributed by atoms with E-state index in [0.29, 0.717) is 17.1 Å². The first kappa shape index (κ1) is 18.6. The van der Waals surface area contributed by atoms with Gasteiger partial charge in [0.2, 0.25) is 0 Å². The van der Waals surface area contributed by atoms with E-state index in [4.69, 9.17) is 16.3 Å². The van der Waals surface area contributed by atoms with Gasteiger partial charge in [-0.25, -0.2) is 13.9 Å². The summed E-state index contributed by atoms with van der Waals surface area (Å²) in [6.45, 7) is 1.11. The zero-order valence-electron chi connectivity index (χ0n) is 14.3. The molecule has 0 atom stereocenters. The fourth-order valence-electron chi connectivity index (χ4n) is 2.40. The van der Waals surface area contributed by atoms with Crippen molar-refractivity contribution in [1.29, 1.82) is 0 Å². The number of hydrogen-bond acceptors (Lipinski definition) is 4. The molecule has 0 aliphatic carbocycles. The summed E-state index contributed by atoms with van der Waals surface area (Å²) in [7, 11) is 0. The molecule has 1 amide bonds. The number of para-hydroxylation sites is 1. The van der Waals surface area contributed by atoms with Crippen LogP contribution in [-0.2, 0) is 9.53 Å². The number of nitrogens with one attached hydrogen (secondary N) is 1. The standard InChI is InChI=1S/C19H15ClFN3O3/c1-12-17(18(20)24(23-12)15-5-3-2-4-6-15)19(26)27-11-16(25)22-14-9-7-13(21)8-10-14/h2-10H,11H2,1H3,(H,22,25). The second kappa shape index (κ2) is 8.01. The number of nitrogens with zero attached hydrogens (tertiary/aromatic N) is 2. The molecule has 6 nitrogen and oxygen atoms in total. The van der Waals surface area contributed by atoms with Crippen LogP contribution >= 0.6 is 11.6 Å². The van der Waals surface area contributed by atoms with E-state index in [-0.39, 0.29) is 10.7 Å². The Hall–Kier alpha value is -3.19. The van der Waals surface area contributed by atoms with E-state index in [1.165, 1.54) is 28.9 Å². The Morgan fingerprint density at radius 1 is 1.15 bits per heavy atom. The molecule has 8 heteroatoms. The first-order valence-electron chi connectivity index (χ1n) is 7.99. The van der Waals surface area contributed by atoms with Crippen molar-refractivity contribution in [3.8, 4) is 5.69 Å². The second-order valence-corrected chi connectivity index (χ2v) is 5.99. The highest BCUT2D eigenvalue weighted by atomic mass is 35.5. The van der Waals surface area contributed by atoms with Gasteiger partial charge in [0.25, 0.3) is 5.91 Å². The van der Waals surface area contributed by atoms with E-state index in [2.05, 4.69) is 10.4 Å². The van der Waals surface area contributed by atoms with Crippen LogP contribution in [0.2, 0.25) is 5.15 Å². The number of aromatic nitrogens is 2. The lowest BCUT2D eigenvalue weighted by Crippen LogP contribution is -2.21. The second-order valence-electron chi connectivity index (χ2n) is 5.63. The van der Waals surface area contributed by atoms with Crippen molar-refractivity contribution < 1.29 is 18.7 Å². The molecule has 0 bridgehead atoms. The number of amides is 1. The number of benzene rings is 2. The Balaban J connectivity index is 1.67. The average Bonchev–Trinajstić information content (AvgIpc) is 2.97. The molecule has 0 saturated heterocycles. The molecule has 2 aromatic carbocycles. The molecule has 0 spiro atoms. The Morgan fingerprint density at radius 2 is 1.81 bits per heavy atom. The normalized spacial score (nSPS) is 10.5. The van der Waals surface area contributed by atoms with Crippen molar-refractivity contribution in [3.05, 3.63) is 76.8 Å². The van der Waals surface area contributed by atoms with Gasteiger partial charge in [0.05, 0.1) is 11.4 Å². The summed E-state index contributed by atoms with van der Waals surface area (Å²) in [6.07, 6.45) is 0. The molecule has 0 aliphatic heterocycles. The maximum absolute atomic E-state index is 12.9. The van der Waals surface area contributed by atoms with Gasteiger partial charge in [-0.05, 0) is 43.3 Å². The molecule has 27 heavy (non-hydrogen) atoms. The van der Waals surface area contributed by atoms with Crippen molar-refractivity contribution in [2.75, 3.05) is 11.9 Å². The number of hydrogen-bond donors (Lipinski definition) is 1. The largest absolute Gasteiger partial charge is 0.452 e. The summed E-state index contributed by atoms with van der Waals surface area (Å²) in [5.41, 5.74) is 1.56. The van der Waals surface area contributed by atoms with E-state index >= 15 is 0 Å². The van der Waals surface area contributed by atoms with Gasteiger partial charge in [-0.2, -0.15) is 5.10 Å². The van der Waals surface area contributed by atoms with E-state index < -0.39 is 24.3 Å². The minimum atomic E-state index is -0.756. The number of esters is 1. The van der Waals surface area contributed by atoms with Crippen LogP contribution in [0.15, 0.2) is 54.6 Å². The third-order valence-corrected chi connectivity index (χ3v) is 4.02. The molecule has 1 N–H and O–H groups in total. The minimum Gasteiger partial charge on any atom is -0.452 e. The predicted molar refractivity (Wildman–Crippen MR) is 98.6 cm³/mol. The molecule has 0 unspecified atom stereocenters. The number of carbonyl (C=O) groups excluding carboxylic acids is 2. The Bertz CT molecular complexity index is 972. The van der Waals surface area contributed by atoms with Gasteiger partial charge in [-0.15, -0.1) is 0 Å². The van der Waals surface area contributed by atoms with Crippen molar-refractivity contribution in [3.63, 3.8) is 0 Å². The van der Waals surface area contributed by atoms with Crippen molar-refractivity contribution >= 4 is 29.2 Å². The van der Waals surface area contributed by atoms with Gasteiger partial charge >= 0.3 is 5.97 Å². The highest BCUT2D eigenvalue weighted by Gasteiger charge is 2.23. The Labute approximate surface area is 159 Å². The molecule has 0 fully saturated rings. The fraction of sp³-hybridized carbons (Fsp3) is 0.105. The highest BCUT2D eigenvalue weighted by molar-refractivity contribution is 6.33. The van der Waals surface area contributed by atoms with Gasteiger partial charge in [-0.1, -0.05) is 29.8 Å². The average molecular weight is 388 g/mol. The number of aryl methyl sites for hydroxylation is 1. The zero-order chi connectivity index (χ0) is 19.4. The van der Waals surface area contributed by atoms with Crippen LogP contribution in [0.5, 0.6) is 0 Å². The molecule has 0 saturated carbocycles. The lowest BCUT2D eigenvalue weighted by atomic mass is 10.2. The number of halogens is 2. The number of ether oxygens (including phenoxy) is 1. The number of rotatable bonds is 5. The SMILES string of the molecule is Cc1nn(-c2ccccc2)c(Cl)c1C(=O)OCC(=O)Nc1ccc(F)cc1. The lowest BCUT2D eigenvalue weighted by Gasteiger charge is -2.07. The molecule has 3 aromatic rings. The first-order valence-corrected chi connectivity index (χ1v) is 8.36. The van der Waals surface area contributed by atoms with E-state index in [1.54, 1.807) is 19.1 Å². The molecule has 1 heterocycles. The van der Waals surface area contributed by atoms with E-state index in [1.807, 2.05) is 18.2 Å². The molecule has 3 rings (SSSR count). The quantitative estimate of drug-likeness (QED) is 0.676. The smallest absolute Gasteiger partial charge is 0.343 e. The van der Waals surface area contributed by atoms with Crippen molar-refractivity contribution in [2.24, 2.45) is 0 Å². The summed E-state index contributed by atoms with van der Waals surface area (Å²) in [5, 5.41) is 6.85. The summed E-state index contributed by atoms with van der Waals surface area (Å²) in [4.78, 5) is 24.2. The van der Waals surface area contributed by atoms with Crippen molar-refractivity contribution in [2.45, 2.75) is 6.92 Å². The summed E-state index contributed by atoms with van der Waals surface area (Å²) >= 11 is 6.28. The fourth-order valence-corrected chi connectivity index (χ4v) is 2.75. The van der Waals surface area contributed by atoms with Gasteiger partial charge in [0.15, 0.2) is 6.61 Å². The van der Waals surface area contributed by atoms with E-state index in [0.717, 1.165) is 0 Å². The van der Waals surface area contributed by atoms with Crippen LogP contribution in [0.4, 0.5) is 10.1 Å². The van der Waals surface area contributed by atoms with Gasteiger partial charge in [0, 0.05) is 5.69 Å². The highest BCUT2D eigenvalue weighted by Crippen LogP contribution is 2.24. The first-order chi connectivity index (χ1) is 13.0. The van der Waals surface area contributed by atoms with Crippen molar-refractivity contribution in [1.82, 2.24) is 9.78 Å². The molecule has 0 radical (unpaired) electrons. The topological polar surface area (TPSA) is 73.2 Å². The van der Waals surface area contributed by atoms with Gasteiger partial charge < -0.3 is 10.1 Å². The molecule has 0 aliphatic rings. The van der Waals surface area contributed by atoms with Crippen LogP contribution in [0.25, 0.3) is 5.69 Å². The van der Waals surface area contributed by atoms with E-state index in [9.17, 15) is 14.0 Å². The zero-order valence-corrected chi connectivity index (χ0v) is 15.0. The summed E-state index contributed by atoms with van der Waals surface area (Å²) in [5.74, 6) is -1.73. The van der Waals surface area contributed by atoms with Crippen LogP contribution in [0, 0.1) is 12.7 Å². The molecule has 138 valence electrons. The maximum Gasteiger partial charge on any atom is 0.343 e. The summed E-state index contributed by atoms with van der Waals surface area (Å²) < 4.78 is 19.3. The lowest BCUT2D eigenvalue weighted by molar-refractivity contribution is -0.119. The van der Waals surface area contributed by atoms with Crippen LogP contribution in [-0.4, -0.2) is 28.3 Å². The Kier molecular flexibility index (Phi) is 5.52. The van der Waals surface area contributed by atoms with Crippen LogP contribution in [0.1, 0.15) is 16.1 Å². The molecule has 1 aromatic heterocycles. The molecular weight excluding hydrogens is 373 g/mol.